The van der Waals surface area contributed by atoms with Crippen molar-refractivity contribution in [3.63, 3.8) is 0 Å². The number of carbonyl (C=O) groups is 1. The molecule has 104 valence electrons. The highest BCUT2D eigenvalue weighted by Crippen LogP contribution is 2.27. The van der Waals surface area contributed by atoms with Crippen LogP contribution in [0.4, 0.5) is 11.4 Å². The van der Waals surface area contributed by atoms with Crippen molar-refractivity contribution in [2.75, 3.05) is 18.9 Å². The average Bonchev–Trinajstić information content (AvgIpc) is 2.35. The second-order valence-electron chi connectivity index (χ2n) is 3.37. The van der Waals surface area contributed by atoms with E-state index < -0.39 is 33.1 Å². The first-order chi connectivity index (χ1) is 8.77. The maximum Gasteiger partial charge on any atom is 0.293 e. The maximum absolute atomic E-state index is 11.5. The Hall–Kier alpha value is -2.20. The van der Waals surface area contributed by atoms with Crippen molar-refractivity contribution in [1.82, 2.24) is 4.72 Å². The van der Waals surface area contributed by atoms with Crippen LogP contribution in [0.3, 0.4) is 0 Å². The van der Waals surface area contributed by atoms with E-state index in [0.717, 1.165) is 18.2 Å². The van der Waals surface area contributed by atoms with E-state index in [9.17, 15) is 28.4 Å². The molecule has 0 saturated heterocycles. The Morgan fingerprint density at radius 2 is 2.05 bits per heavy atom. The Morgan fingerprint density at radius 3 is 2.53 bits per heavy atom. The van der Waals surface area contributed by atoms with Gasteiger partial charge < -0.3 is 15.2 Å². The van der Waals surface area contributed by atoms with Crippen molar-refractivity contribution in [3.8, 4) is 0 Å². The minimum atomic E-state index is -3.81. The van der Waals surface area contributed by atoms with E-state index in [1.165, 1.54) is 7.05 Å². The summed E-state index contributed by atoms with van der Waals surface area (Å²) in [6.45, 7) is -0.626. The topological polar surface area (TPSA) is 141 Å². The zero-order valence-electron chi connectivity index (χ0n) is 9.74. The number of nitro benzene ring substituents is 1. The van der Waals surface area contributed by atoms with Crippen LogP contribution in [0.1, 0.15) is 0 Å². The standard InChI is InChI=1S/C9H11N3O6S/c1-10-19(17,18)6-2-3-7(11-5-9(13)14)8(4-6)12(15)16/h2-4,10-11H,5H2,1H3,(H,13,14)/p-1. The summed E-state index contributed by atoms with van der Waals surface area (Å²) < 4.78 is 25.0. The first-order valence-corrected chi connectivity index (χ1v) is 6.42. The van der Waals surface area contributed by atoms with Crippen LogP contribution in [0.2, 0.25) is 0 Å². The molecule has 10 heteroatoms. The molecule has 1 aromatic rings. The molecule has 19 heavy (non-hydrogen) atoms. The lowest BCUT2D eigenvalue weighted by molar-refractivity contribution is -0.384. The van der Waals surface area contributed by atoms with Gasteiger partial charge in [-0.05, 0) is 19.2 Å². The van der Waals surface area contributed by atoms with Gasteiger partial charge in [-0.15, -0.1) is 0 Å². The number of hydrogen-bond acceptors (Lipinski definition) is 7. The number of aliphatic carboxylic acids is 1. The number of sulfonamides is 1. The largest absolute Gasteiger partial charge is 0.548 e. The lowest BCUT2D eigenvalue weighted by Crippen LogP contribution is -2.30. The number of carboxylic acids is 1. The minimum Gasteiger partial charge on any atom is -0.548 e. The average molecular weight is 288 g/mol. The molecule has 2 N–H and O–H groups in total. The lowest BCUT2D eigenvalue weighted by Gasteiger charge is -2.09. The SMILES string of the molecule is CNS(=O)(=O)c1ccc(NCC(=O)[O-])c([N+](=O)[O-])c1. The molecule has 1 rings (SSSR count). The van der Waals surface area contributed by atoms with E-state index in [-0.39, 0.29) is 10.6 Å². The second-order valence-corrected chi connectivity index (χ2v) is 5.26. The van der Waals surface area contributed by atoms with Gasteiger partial charge in [0.1, 0.15) is 5.69 Å². The highest BCUT2D eigenvalue weighted by molar-refractivity contribution is 7.89. The Balaban J connectivity index is 3.23. The zero-order chi connectivity index (χ0) is 14.6. The van der Waals surface area contributed by atoms with Crippen LogP contribution >= 0.6 is 0 Å². The van der Waals surface area contributed by atoms with Crippen LogP contribution in [0.25, 0.3) is 0 Å². The molecule has 0 spiro atoms. The van der Waals surface area contributed by atoms with Gasteiger partial charge >= 0.3 is 0 Å². The Bertz CT molecular complexity index is 612. The molecule has 0 aliphatic rings. The minimum absolute atomic E-state index is 0.107. The normalized spacial score (nSPS) is 11.0. The van der Waals surface area contributed by atoms with E-state index in [4.69, 9.17) is 0 Å². The van der Waals surface area contributed by atoms with E-state index >= 15 is 0 Å². The molecular formula is C9H10N3O6S-. The zero-order valence-corrected chi connectivity index (χ0v) is 10.6. The molecule has 0 saturated carbocycles. The van der Waals surface area contributed by atoms with Gasteiger partial charge in [0.05, 0.1) is 22.3 Å². The van der Waals surface area contributed by atoms with Crippen LogP contribution in [-0.4, -0.2) is 32.9 Å². The van der Waals surface area contributed by atoms with Crippen LogP contribution in [0.15, 0.2) is 23.1 Å². The van der Waals surface area contributed by atoms with Gasteiger partial charge in [0.2, 0.25) is 10.0 Å². The fourth-order valence-corrected chi connectivity index (χ4v) is 2.01. The highest BCUT2D eigenvalue weighted by atomic mass is 32.2. The fraction of sp³-hybridized carbons (Fsp3) is 0.222. The molecule has 0 fully saturated rings. The third kappa shape index (κ3) is 3.63. The first kappa shape index (κ1) is 14.9. The van der Waals surface area contributed by atoms with Crippen LogP contribution < -0.4 is 15.1 Å². The van der Waals surface area contributed by atoms with Gasteiger partial charge in [0.15, 0.2) is 0 Å². The molecule has 0 aromatic heterocycles. The van der Waals surface area contributed by atoms with Gasteiger partial charge in [-0.2, -0.15) is 0 Å². The Labute approximate surface area is 108 Å². The predicted octanol–water partition coefficient (Wildman–Crippen LogP) is -1.34. The molecule has 0 atom stereocenters. The number of carboxylic acid groups (broad SMARTS) is 1. The molecule has 1 aromatic carbocycles. The van der Waals surface area contributed by atoms with E-state index in [0.29, 0.717) is 0 Å². The van der Waals surface area contributed by atoms with Crippen LogP contribution in [0.5, 0.6) is 0 Å². The number of carbonyl (C=O) groups excluding carboxylic acids is 1. The predicted molar refractivity (Wildman–Crippen MR) is 62.8 cm³/mol. The summed E-state index contributed by atoms with van der Waals surface area (Å²) in [5.74, 6) is -1.44. The molecule has 0 bridgehead atoms. The van der Waals surface area contributed by atoms with Gasteiger partial charge in [0.25, 0.3) is 5.69 Å². The lowest BCUT2D eigenvalue weighted by atomic mass is 10.2. The van der Waals surface area contributed by atoms with Crippen molar-refractivity contribution in [3.05, 3.63) is 28.3 Å². The van der Waals surface area contributed by atoms with E-state index in [1.807, 2.05) is 4.72 Å². The number of benzene rings is 1. The molecule has 0 radical (unpaired) electrons. The second kappa shape index (κ2) is 5.63. The number of nitro groups is 1. The number of hydrogen-bond donors (Lipinski definition) is 2. The summed E-state index contributed by atoms with van der Waals surface area (Å²) in [6.07, 6.45) is 0. The first-order valence-electron chi connectivity index (χ1n) is 4.93. The maximum atomic E-state index is 11.5. The van der Waals surface area contributed by atoms with Crippen molar-refractivity contribution < 1.29 is 23.2 Å². The molecule has 0 amide bonds. The Kier molecular flexibility index (Phi) is 4.40. The molecule has 0 aliphatic carbocycles. The van der Waals surface area contributed by atoms with E-state index in [2.05, 4.69) is 5.32 Å². The smallest absolute Gasteiger partial charge is 0.293 e. The van der Waals surface area contributed by atoms with Crippen molar-refractivity contribution >= 4 is 27.4 Å². The summed E-state index contributed by atoms with van der Waals surface area (Å²) in [4.78, 5) is 20.0. The van der Waals surface area contributed by atoms with Crippen LogP contribution in [-0.2, 0) is 14.8 Å². The molecule has 9 nitrogen and oxygen atoms in total. The molecule has 0 aliphatic heterocycles. The fourth-order valence-electron chi connectivity index (χ4n) is 1.26. The monoisotopic (exact) mass is 288 g/mol. The summed E-state index contributed by atoms with van der Waals surface area (Å²) in [5.41, 5.74) is -0.651. The number of rotatable bonds is 6. The van der Waals surface area contributed by atoms with Gasteiger partial charge in [-0.1, -0.05) is 0 Å². The summed E-state index contributed by atoms with van der Waals surface area (Å²) >= 11 is 0. The quantitative estimate of drug-likeness (QED) is 0.487. The Morgan fingerprint density at radius 1 is 1.42 bits per heavy atom. The van der Waals surface area contributed by atoms with Gasteiger partial charge in [-0.25, -0.2) is 13.1 Å². The van der Waals surface area contributed by atoms with Crippen LogP contribution in [0, 0.1) is 10.1 Å². The third-order valence-electron chi connectivity index (χ3n) is 2.17. The van der Waals surface area contributed by atoms with Crippen molar-refractivity contribution in [2.45, 2.75) is 4.90 Å². The highest BCUT2D eigenvalue weighted by Gasteiger charge is 2.20. The summed E-state index contributed by atoms with van der Waals surface area (Å²) in [6, 6.07) is 3.07. The van der Waals surface area contributed by atoms with Gasteiger partial charge in [-0.3, -0.25) is 10.1 Å². The van der Waals surface area contributed by atoms with E-state index in [1.54, 1.807) is 0 Å². The number of nitrogens with one attached hydrogen (secondary N) is 2. The third-order valence-corrected chi connectivity index (χ3v) is 3.58. The summed E-state index contributed by atoms with van der Waals surface area (Å²) in [5, 5.41) is 23.4. The number of nitrogens with zero attached hydrogens (tertiary/aromatic N) is 1. The molecule has 0 heterocycles. The van der Waals surface area contributed by atoms with Gasteiger partial charge in [0, 0.05) is 6.07 Å². The van der Waals surface area contributed by atoms with Crippen molar-refractivity contribution in [2.24, 2.45) is 0 Å². The number of anilines is 1. The van der Waals surface area contributed by atoms with Crippen molar-refractivity contribution in [1.29, 1.82) is 0 Å². The summed E-state index contributed by atoms with van der Waals surface area (Å²) in [7, 11) is -2.64. The molecule has 0 unspecified atom stereocenters. The molecular weight excluding hydrogens is 278 g/mol.